The molecule has 0 radical (unpaired) electrons. The molecule has 0 aliphatic rings. The van der Waals surface area contributed by atoms with Crippen LogP contribution in [0.2, 0.25) is 0 Å². The molecule has 0 aromatic heterocycles. The molecule has 0 aliphatic heterocycles. The molecule has 2 aromatic carbocycles. The molecule has 2 amide bonds. The van der Waals surface area contributed by atoms with Gasteiger partial charge in [0.25, 0.3) is 5.91 Å². The molecule has 2 aromatic rings. The highest BCUT2D eigenvalue weighted by Crippen LogP contribution is 2.21. The Balaban J connectivity index is 2.13. The summed E-state index contributed by atoms with van der Waals surface area (Å²) in [6.45, 7) is 0. The summed E-state index contributed by atoms with van der Waals surface area (Å²) in [5.41, 5.74) is -0.255. The predicted molar refractivity (Wildman–Crippen MR) is 75.5 cm³/mol. The SMILES string of the molecule is O=C(Nc1cccc(NC(=O)C(F)(F)F)c1)c1ccccc1F. The molecule has 0 atom stereocenters. The molecule has 0 aliphatic carbocycles. The van der Waals surface area contributed by atoms with Crippen LogP contribution in [0, 0.1) is 5.82 Å². The van der Waals surface area contributed by atoms with Crippen molar-refractivity contribution in [2.45, 2.75) is 6.18 Å². The summed E-state index contributed by atoms with van der Waals surface area (Å²) in [7, 11) is 0. The fourth-order valence-electron chi connectivity index (χ4n) is 1.72. The van der Waals surface area contributed by atoms with Gasteiger partial charge in [-0.05, 0) is 30.3 Å². The van der Waals surface area contributed by atoms with Gasteiger partial charge in [-0.1, -0.05) is 18.2 Å². The number of hydrogen-bond acceptors (Lipinski definition) is 2. The van der Waals surface area contributed by atoms with Gasteiger partial charge in [-0.25, -0.2) is 4.39 Å². The number of hydrogen-bond donors (Lipinski definition) is 2. The average molecular weight is 326 g/mol. The smallest absolute Gasteiger partial charge is 0.322 e. The van der Waals surface area contributed by atoms with Gasteiger partial charge < -0.3 is 10.6 Å². The highest BCUT2D eigenvalue weighted by Gasteiger charge is 2.38. The fraction of sp³-hybridized carbons (Fsp3) is 0.0667. The van der Waals surface area contributed by atoms with Gasteiger partial charge in [0.2, 0.25) is 0 Å². The molecule has 4 nitrogen and oxygen atoms in total. The molecule has 23 heavy (non-hydrogen) atoms. The van der Waals surface area contributed by atoms with Gasteiger partial charge in [0, 0.05) is 11.4 Å². The van der Waals surface area contributed by atoms with Crippen molar-refractivity contribution in [3.05, 3.63) is 59.9 Å². The molecule has 0 saturated heterocycles. The highest BCUT2D eigenvalue weighted by molar-refractivity contribution is 6.05. The number of alkyl halides is 3. The lowest BCUT2D eigenvalue weighted by atomic mass is 10.2. The van der Waals surface area contributed by atoms with Crippen molar-refractivity contribution in [2.24, 2.45) is 0 Å². The number of nitrogens with one attached hydrogen (secondary N) is 2. The van der Waals surface area contributed by atoms with Gasteiger partial charge in [0.1, 0.15) is 5.82 Å². The van der Waals surface area contributed by atoms with E-state index in [0.717, 1.165) is 12.1 Å². The zero-order chi connectivity index (χ0) is 17.0. The topological polar surface area (TPSA) is 58.2 Å². The lowest BCUT2D eigenvalue weighted by Gasteiger charge is -2.10. The maximum atomic E-state index is 13.5. The van der Waals surface area contributed by atoms with Crippen molar-refractivity contribution in [1.29, 1.82) is 0 Å². The van der Waals surface area contributed by atoms with Crippen LogP contribution < -0.4 is 10.6 Å². The predicted octanol–water partition coefficient (Wildman–Crippen LogP) is 3.58. The molecular formula is C15H10F4N2O2. The Morgan fingerprint density at radius 2 is 1.48 bits per heavy atom. The summed E-state index contributed by atoms with van der Waals surface area (Å²) in [5, 5.41) is 4.00. The summed E-state index contributed by atoms with van der Waals surface area (Å²) < 4.78 is 50.0. The minimum absolute atomic E-state index is 0.109. The lowest BCUT2D eigenvalue weighted by Crippen LogP contribution is -2.29. The van der Waals surface area contributed by atoms with Crippen LogP contribution in [-0.2, 0) is 4.79 Å². The summed E-state index contributed by atoms with van der Waals surface area (Å²) in [6.07, 6.45) is -5.02. The third-order valence-corrected chi connectivity index (χ3v) is 2.75. The number of rotatable bonds is 3. The van der Waals surface area contributed by atoms with E-state index >= 15 is 0 Å². The Kier molecular flexibility index (Phi) is 4.63. The summed E-state index contributed by atoms with van der Waals surface area (Å²) in [5.74, 6) is -3.62. The van der Waals surface area contributed by atoms with Crippen molar-refractivity contribution in [2.75, 3.05) is 10.6 Å². The second kappa shape index (κ2) is 6.47. The minimum Gasteiger partial charge on any atom is -0.322 e. The summed E-state index contributed by atoms with van der Waals surface area (Å²) >= 11 is 0. The van der Waals surface area contributed by atoms with E-state index in [-0.39, 0.29) is 16.9 Å². The van der Waals surface area contributed by atoms with Crippen LogP contribution in [-0.4, -0.2) is 18.0 Å². The van der Waals surface area contributed by atoms with E-state index in [9.17, 15) is 27.2 Å². The molecule has 0 heterocycles. The maximum absolute atomic E-state index is 13.5. The quantitative estimate of drug-likeness (QED) is 0.847. The van der Waals surface area contributed by atoms with E-state index in [2.05, 4.69) is 5.32 Å². The van der Waals surface area contributed by atoms with Gasteiger partial charge in [-0.3, -0.25) is 9.59 Å². The summed E-state index contributed by atoms with van der Waals surface area (Å²) in [6, 6.07) is 10.3. The minimum atomic E-state index is -5.02. The molecule has 0 bridgehead atoms. The Morgan fingerprint density at radius 1 is 0.870 bits per heavy atom. The molecule has 0 fully saturated rings. The first-order chi connectivity index (χ1) is 10.8. The number of carbonyl (C=O) groups is 2. The molecule has 2 rings (SSSR count). The number of amides is 2. The Hall–Kier alpha value is -2.90. The van der Waals surface area contributed by atoms with Gasteiger partial charge >= 0.3 is 12.1 Å². The number of anilines is 2. The third-order valence-electron chi connectivity index (χ3n) is 2.75. The first-order valence-electron chi connectivity index (χ1n) is 6.31. The molecule has 8 heteroatoms. The van der Waals surface area contributed by atoms with E-state index in [1.54, 1.807) is 5.32 Å². The van der Waals surface area contributed by atoms with E-state index in [1.165, 1.54) is 36.4 Å². The number of carbonyl (C=O) groups excluding carboxylic acids is 2. The largest absolute Gasteiger partial charge is 0.471 e. The average Bonchev–Trinajstić information content (AvgIpc) is 2.47. The van der Waals surface area contributed by atoms with E-state index in [4.69, 9.17) is 0 Å². The Morgan fingerprint density at radius 3 is 2.09 bits per heavy atom. The van der Waals surface area contributed by atoms with Crippen LogP contribution >= 0.6 is 0 Å². The van der Waals surface area contributed by atoms with Crippen LogP contribution in [0.3, 0.4) is 0 Å². The van der Waals surface area contributed by atoms with Crippen molar-refractivity contribution in [3.63, 3.8) is 0 Å². The molecule has 0 saturated carbocycles. The third kappa shape index (κ3) is 4.29. The zero-order valence-corrected chi connectivity index (χ0v) is 11.4. The zero-order valence-electron chi connectivity index (χ0n) is 11.4. The van der Waals surface area contributed by atoms with Gasteiger partial charge in [0.05, 0.1) is 5.56 Å². The Labute approximate surface area is 128 Å². The first-order valence-corrected chi connectivity index (χ1v) is 6.31. The van der Waals surface area contributed by atoms with Crippen LogP contribution in [0.15, 0.2) is 48.5 Å². The van der Waals surface area contributed by atoms with E-state index in [1.807, 2.05) is 0 Å². The van der Waals surface area contributed by atoms with Gasteiger partial charge in [0.15, 0.2) is 0 Å². The summed E-state index contributed by atoms with van der Waals surface area (Å²) in [4.78, 5) is 22.8. The molecule has 0 unspecified atom stereocenters. The van der Waals surface area contributed by atoms with Crippen molar-refractivity contribution in [3.8, 4) is 0 Å². The Bertz CT molecular complexity index is 744. The second-order valence-electron chi connectivity index (χ2n) is 4.47. The maximum Gasteiger partial charge on any atom is 0.471 e. The van der Waals surface area contributed by atoms with Crippen LogP contribution in [0.4, 0.5) is 28.9 Å². The van der Waals surface area contributed by atoms with E-state index in [0.29, 0.717) is 0 Å². The molecule has 120 valence electrons. The molecule has 0 spiro atoms. The standard InChI is InChI=1S/C15H10F4N2O2/c16-12-7-2-1-6-11(12)13(22)20-9-4-3-5-10(8-9)21-14(23)15(17,18)19/h1-8H,(H,20,22)(H,21,23). The van der Waals surface area contributed by atoms with E-state index < -0.39 is 23.8 Å². The van der Waals surface area contributed by atoms with Crippen molar-refractivity contribution >= 4 is 23.2 Å². The van der Waals surface area contributed by atoms with Crippen LogP contribution in [0.5, 0.6) is 0 Å². The molecule has 2 N–H and O–H groups in total. The highest BCUT2D eigenvalue weighted by atomic mass is 19.4. The monoisotopic (exact) mass is 326 g/mol. The number of halogens is 4. The second-order valence-corrected chi connectivity index (χ2v) is 4.47. The first kappa shape index (κ1) is 16.5. The number of benzene rings is 2. The van der Waals surface area contributed by atoms with Crippen molar-refractivity contribution < 1.29 is 27.2 Å². The lowest BCUT2D eigenvalue weighted by molar-refractivity contribution is -0.167. The molecular weight excluding hydrogens is 316 g/mol. The van der Waals surface area contributed by atoms with Crippen LogP contribution in [0.25, 0.3) is 0 Å². The van der Waals surface area contributed by atoms with Crippen molar-refractivity contribution in [1.82, 2.24) is 0 Å². The van der Waals surface area contributed by atoms with Gasteiger partial charge in [-0.15, -0.1) is 0 Å². The van der Waals surface area contributed by atoms with Gasteiger partial charge in [-0.2, -0.15) is 13.2 Å². The van der Waals surface area contributed by atoms with Crippen LogP contribution in [0.1, 0.15) is 10.4 Å². The fourth-order valence-corrected chi connectivity index (χ4v) is 1.72. The normalized spacial score (nSPS) is 11.0.